The maximum absolute atomic E-state index is 12.8. The number of nitrogens with zero attached hydrogens (tertiary/aromatic N) is 1. The van der Waals surface area contributed by atoms with Crippen molar-refractivity contribution in [3.05, 3.63) is 30.3 Å². The molecule has 2 aliphatic heterocycles. The van der Waals surface area contributed by atoms with Crippen LogP contribution in [0.4, 0.5) is 5.69 Å². The third-order valence-corrected chi connectivity index (χ3v) is 6.08. The monoisotopic (exact) mass is 341 g/mol. The quantitative estimate of drug-likeness (QED) is 0.886. The highest BCUT2D eigenvalue weighted by Gasteiger charge is 2.42. The van der Waals surface area contributed by atoms with Crippen LogP contribution in [0.3, 0.4) is 0 Å². The molecule has 0 spiro atoms. The zero-order valence-electron chi connectivity index (χ0n) is 14.8. The number of anilines is 1. The van der Waals surface area contributed by atoms with Gasteiger partial charge < -0.3 is 15.5 Å². The van der Waals surface area contributed by atoms with Gasteiger partial charge in [0.05, 0.1) is 6.04 Å². The minimum Gasteiger partial charge on any atom is -0.343 e. The Morgan fingerprint density at radius 1 is 1.16 bits per heavy atom. The molecule has 1 saturated carbocycles. The molecule has 134 valence electrons. The number of hydrogen-bond donors (Lipinski definition) is 2. The molecule has 0 aromatic heterocycles. The van der Waals surface area contributed by atoms with Gasteiger partial charge >= 0.3 is 0 Å². The van der Waals surface area contributed by atoms with E-state index >= 15 is 0 Å². The summed E-state index contributed by atoms with van der Waals surface area (Å²) in [5.74, 6) is 0.626. The fraction of sp³-hybridized carbons (Fsp3) is 0.600. The standard InChI is InChI=1S/C20H27N3O2/c1-13-11-18(20(25)23(13)15-8-3-2-4-9-15)22-19(24)17-12-14-7-5-6-10-16(14)21-17/h2-4,8-9,13-14,16-18,21H,5-7,10-12H2,1H3,(H,22,24). The number of carbonyl (C=O) groups is 2. The van der Waals surface area contributed by atoms with Crippen molar-refractivity contribution in [3.8, 4) is 0 Å². The van der Waals surface area contributed by atoms with E-state index in [-0.39, 0.29) is 23.9 Å². The van der Waals surface area contributed by atoms with Gasteiger partial charge in [-0.3, -0.25) is 9.59 Å². The molecule has 2 N–H and O–H groups in total. The van der Waals surface area contributed by atoms with E-state index in [1.807, 2.05) is 42.2 Å². The Kier molecular flexibility index (Phi) is 4.50. The van der Waals surface area contributed by atoms with Gasteiger partial charge in [0.25, 0.3) is 0 Å². The Hall–Kier alpha value is -1.88. The molecule has 25 heavy (non-hydrogen) atoms. The van der Waals surface area contributed by atoms with Gasteiger partial charge in [0, 0.05) is 17.8 Å². The molecule has 0 radical (unpaired) electrons. The van der Waals surface area contributed by atoms with Crippen LogP contribution in [0.5, 0.6) is 0 Å². The van der Waals surface area contributed by atoms with Gasteiger partial charge in [0.2, 0.25) is 11.8 Å². The Bertz CT molecular complexity index is 634. The summed E-state index contributed by atoms with van der Waals surface area (Å²) in [6.45, 7) is 2.04. The summed E-state index contributed by atoms with van der Waals surface area (Å²) < 4.78 is 0. The van der Waals surface area contributed by atoms with Gasteiger partial charge in [-0.25, -0.2) is 0 Å². The van der Waals surface area contributed by atoms with E-state index in [1.165, 1.54) is 25.7 Å². The van der Waals surface area contributed by atoms with Crippen LogP contribution in [0.25, 0.3) is 0 Å². The normalized spacial score (nSPS) is 34.8. The van der Waals surface area contributed by atoms with Crippen molar-refractivity contribution >= 4 is 17.5 Å². The van der Waals surface area contributed by atoms with E-state index in [2.05, 4.69) is 10.6 Å². The Morgan fingerprint density at radius 3 is 2.68 bits per heavy atom. The fourth-order valence-corrected chi connectivity index (χ4v) is 4.82. The number of para-hydroxylation sites is 1. The predicted octanol–water partition coefficient (Wildman–Crippen LogP) is 2.22. The molecule has 2 saturated heterocycles. The van der Waals surface area contributed by atoms with Crippen LogP contribution in [0.1, 0.15) is 45.4 Å². The summed E-state index contributed by atoms with van der Waals surface area (Å²) in [4.78, 5) is 27.3. The molecule has 5 atom stereocenters. The van der Waals surface area contributed by atoms with Gasteiger partial charge in [-0.1, -0.05) is 31.0 Å². The molecule has 4 rings (SSSR count). The number of hydrogen-bond acceptors (Lipinski definition) is 3. The van der Waals surface area contributed by atoms with Crippen LogP contribution in [-0.2, 0) is 9.59 Å². The van der Waals surface area contributed by atoms with Crippen molar-refractivity contribution in [3.63, 3.8) is 0 Å². The summed E-state index contributed by atoms with van der Waals surface area (Å²) in [6, 6.07) is 9.75. The van der Waals surface area contributed by atoms with Gasteiger partial charge in [0.1, 0.15) is 6.04 Å². The smallest absolute Gasteiger partial charge is 0.249 e. The first-order valence-corrected chi connectivity index (χ1v) is 9.58. The van der Waals surface area contributed by atoms with E-state index in [4.69, 9.17) is 0 Å². The highest BCUT2D eigenvalue weighted by Crippen LogP contribution is 2.33. The molecule has 2 amide bonds. The average molecular weight is 341 g/mol. The third-order valence-electron chi connectivity index (χ3n) is 6.08. The minimum absolute atomic E-state index is 0.00228. The van der Waals surface area contributed by atoms with Crippen LogP contribution >= 0.6 is 0 Å². The van der Waals surface area contributed by atoms with E-state index in [9.17, 15) is 9.59 Å². The Morgan fingerprint density at radius 2 is 1.92 bits per heavy atom. The van der Waals surface area contributed by atoms with E-state index in [1.54, 1.807) is 0 Å². The number of nitrogens with one attached hydrogen (secondary N) is 2. The van der Waals surface area contributed by atoms with Gasteiger partial charge in [-0.2, -0.15) is 0 Å². The summed E-state index contributed by atoms with van der Waals surface area (Å²) in [7, 11) is 0. The molecule has 5 heteroatoms. The van der Waals surface area contributed by atoms with Crippen LogP contribution < -0.4 is 15.5 Å². The molecule has 0 bridgehead atoms. The molecule has 1 aromatic carbocycles. The summed E-state index contributed by atoms with van der Waals surface area (Å²) in [6.07, 6.45) is 6.52. The average Bonchev–Trinajstić information content (AvgIpc) is 3.17. The van der Waals surface area contributed by atoms with Crippen molar-refractivity contribution < 1.29 is 9.59 Å². The number of benzene rings is 1. The number of carbonyl (C=O) groups excluding carboxylic acids is 2. The van der Waals surface area contributed by atoms with E-state index in [0.717, 1.165) is 12.1 Å². The van der Waals surface area contributed by atoms with Crippen molar-refractivity contribution in [1.82, 2.24) is 10.6 Å². The van der Waals surface area contributed by atoms with E-state index < -0.39 is 6.04 Å². The van der Waals surface area contributed by atoms with Crippen molar-refractivity contribution in [1.29, 1.82) is 0 Å². The van der Waals surface area contributed by atoms with Crippen molar-refractivity contribution in [2.24, 2.45) is 5.92 Å². The van der Waals surface area contributed by atoms with Crippen molar-refractivity contribution in [2.45, 2.75) is 69.6 Å². The number of amides is 2. The highest BCUT2D eigenvalue weighted by molar-refractivity contribution is 6.02. The molecular weight excluding hydrogens is 314 g/mol. The Labute approximate surface area is 149 Å². The lowest BCUT2D eigenvalue weighted by Crippen LogP contribution is -2.49. The SMILES string of the molecule is CC1CC(NC(=O)C2CC3CCCCC3N2)C(=O)N1c1ccccc1. The maximum atomic E-state index is 12.8. The first kappa shape index (κ1) is 16.6. The molecule has 3 aliphatic rings. The van der Waals surface area contributed by atoms with Crippen LogP contribution in [0, 0.1) is 5.92 Å². The van der Waals surface area contributed by atoms with Crippen molar-refractivity contribution in [2.75, 3.05) is 4.90 Å². The summed E-state index contributed by atoms with van der Waals surface area (Å²) in [5, 5.41) is 6.52. The molecule has 2 heterocycles. The van der Waals surface area contributed by atoms with Gasteiger partial charge in [-0.15, -0.1) is 0 Å². The maximum Gasteiger partial charge on any atom is 0.249 e. The van der Waals surface area contributed by atoms with Gasteiger partial charge in [-0.05, 0) is 50.7 Å². The zero-order valence-corrected chi connectivity index (χ0v) is 14.8. The highest BCUT2D eigenvalue weighted by atomic mass is 16.2. The lowest BCUT2D eigenvalue weighted by Gasteiger charge is -2.24. The second-order valence-electron chi connectivity index (χ2n) is 7.80. The molecule has 1 aliphatic carbocycles. The third kappa shape index (κ3) is 3.17. The number of rotatable bonds is 3. The summed E-state index contributed by atoms with van der Waals surface area (Å²) in [5.41, 5.74) is 0.904. The fourth-order valence-electron chi connectivity index (χ4n) is 4.82. The van der Waals surface area contributed by atoms with E-state index in [0.29, 0.717) is 18.4 Å². The second-order valence-corrected chi connectivity index (χ2v) is 7.80. The number of fused-ring (bicyclic) bond motifs is 1. The molecule has 3 fully saturated rings. The lowest BCUT2D eigenvalue weighted by molar-refractivity contribution is -0.127. The van der Waals surface area contributed by atoms with Crippen LogP contribution in [0.2, 0.25) is 0 Å². The summed E-state index contributed by atoms with van der Waals surface area (Å²) >= 11 is 0. The Balaban J connectivity index is 1.40. The minimum atomic E-state index is -0.410. The molecular formula is C20H27N3O2. The molecule has 5 nitrogen and oxygen atoms in total. The van der Waals surface area contributed by atoms with Gasteiger partial charge in [0.15, 0.2) is 0 Å². The topological polar surface area (TPSA) is 61.4 Å². The first-order chi connectivity index (χ1) is 12.1. The van der Waals surface area contributed by atoms with Crippen LogP contribution in [-0.4, -0.2) is 36.0 Å². The second kappa shape index (κ2) is 6.79. The molecule has 5 unspecified atom stereocenters. The molecule has 1 aromatic rings. The van der Waals surface area contributed by atoms with Crippen LogP contribution in [0.15, 0.2) is 30.3 Å². The zero-order chi connectivity index (χ0) is 17.4. The largest absolute Gasteiger partial charge is 0.343 e. The lowest BCUT2D eigenvalue weighted by atomic mass is 9.85. The predicted molar refractivity (Wildman–Crippen MR) is 97.2 cm³/mol. The first-order valence-electron chi connectivity index (χ1n) is 9.58.